The van der Waals surface area contributed by atoms with Crippen LogP contribution in [0.15, 0.2) is 59.3 Å². The van der Waals surface area contributed by atoms with Gasteiger partial charge in [-0.05, 0) is 35.4 Å². The third kappa shape index (κ3) is 2.91. The predicted molar refractivity (Wildman–Crippen MR) is 119 cm³/mol. The van der Waals surface area contributed by atoms with E-state index in [4.69, 9.17) is 0 Å². The van der Waals surface area contributed by atoms with Gasteiger partial charge in [-0.1, -0.05) is 0 Å². The minimum Gasteiger partial charge on any atom is -0.258 e. The predicted octanol–water partition coefficient (Wildman–Crippen LogP) is 7.33. The molecule has 0 radical (unpaired) electrons. The summed E-state index contributed by atoms with van der Waals surface area (Å²) in [4.78, 5) is 21.0. The van der Waals surface area contributed by atoms with Crippen molar-refractivity contribution in [2.24, 2.45) is 0 Å². The Labute approximate surface area is 175 Å². The lowest BCUT2D eigenvalue weighted by molar-refractivity contribution is -0.385. The third-order valence-electron chi connectivity index (χ3n) is 4.68. The van der Waals surface area contributed by atoms with Crippen molar-refractivity contribution in [2.45, 2.75) is 0 Å². The van der Waals surface area contributed by atoms with E-state index in [1.165, 1.54) is 33.7 Å². The van der Waals surface area contributed by atoms with E-state index in [9.17, 15) is 20.2 Å². The van der Waals surface area contributed by atoms with Crippen molar-refractivity contribution < 1.29 is 9.85 Å². The first-order valence-corrected chi connectivity index (χ1v) is 11.0. The second-order valence-corrected chi connectivity index (χ2v) is 9.11. The number of fused-ring (bicyclic) bond motifs is 3. The zero-order valence-corrected chi connectivity index (χ0v) is 17.0. The lowest BCUT2D eigenvalue weighted by atomic mass is 10.1. The van der Waals surface area contributed by atoms with Crippen LogP contribution in [0.2, 0.25) is 0 Å². The zero-order chi connectivity index (χ0) is 20.1. The Hall–Kier alpha value is -3.14. The average Bonchev–Trinajstić information content (AvgIpc) is 3.40. The van der Waals surface area contributed by atoms with Crippen molar-refractivity contribution in [3.63, 3.8) is 0 Å². The van der Waals surface area contributed by atoms with Gasteiger partial charge in [-0.25, -0.2) is 0 Å². The van der Waals surface area contributed by atoms with Crippen LogP contribution in [0.1, 0.15) is 0 Å². The summed E-state index contributed by atoms with van der Waals surface area (Å²) in [5.41, 5.74) is 4.20. The molecule has 0 atom stereocenters. The van der Waals surface area contributed by atoms with Crippen LogP contribution in [-0.4, -0.2) is 9.85 Å². The third-order valence-corrected chi connectivity index (χ3v) is 8.32. The Balaban J connectivity index is 1.61. The quantitative estimate of drug-likeness (QED) is 0.217. The monoisotopic (exact) mass is 438 g/mol. The van der Waals surface area contributed by atoms with Crippen LogP contribution in [-0.2, 0) is 0 Å². The van der Waals surface area contributed by atoms with Crippen molar-refractivity contribution in [2.75, 3.05) is 0 Å². The van der Waals surface area contributed by atoms with Gasteiger partial charge < -0.3 is 0 Å². The molecule has 0 bridgehead atoms. The fourth-order valence-corrected chi connectivity index (χ4v) is 7.34. The smallest absolute Gasteiger partial charge is 0.258 e. The number of rotatable bonds is 4. The Morgan fingerprint density at radius 1 is 0.586 bits per heavy atom. The van der Waals surface area contributed by atoms with Gasteiger partial charge in [0, 0.05) is 46.2 Å². The summed E-state index contributed by atoms with van der Waals surface area (Å²) in [5, 5.41) is 26.0. The molecule has 6 nitrogen and oxygen atoms in total. The van der Waals surface area contributed by atoms with E-state index >= 15 is 0 Å². The van der Waals surface area contributed by atoms with Gasteiger partial charge in [0.25, 0.3) is 11.4 Å². The van der Waals surface area contributed by atoms with Crippen molar-refractivity contribution in [3.05, 3.63) is 79.5 Å². The van der Waals surface area contributed by atoms with Gasteiger partial charge in [0.15, 0.2) is 0 Å². The highest BCUT2D eigenvalue weighted by atomic mass is 32.1. The second-order valence-electron chi connectivity index (χ2n) is 6.33. The highest BCUT2D eigenvalue weighted by molar-refractivity contribution is 7.38. The maximum atomic E-state index is 10.9. The molecule has 0 saturated carbocycles. The fourth-order valence-electron chi connectivity index (χ4n) is 3.24. The summed E-state index contributed by atoms with van der Waals surface area (Å²) in [6, 6.07) is 13.2. The van der Waals surface area contributed by atoms with Gasteiger partial charge in [-0.2, -0.15) is 0 Å². The van der Waals surface area contributed by atoms with E-state index in [1.807, 2.05) is 0 Å². The molecule has 5 rings (SSSR count). The van der Waals surface area contributed by atoms with Gasteiger partial charge >= 0.3 is 0 Å². The molecule has 0 amide bonds. The second kappa shape index (κ2) is 6.73. The van der Waals surface area contributed by atoms with Crippen molar-refractivity contribution in [1.82, 2.24) is 0 Å². The number of nitro groups is 2. The molecule has 0 spiro atoms. The topological polar surface area (TPSA) is 86.3 Å². The normalized spacial score (nSPS) is 11.3. The van der Waals surface area contributed by atoms with E-state index in [2.05, 4.69) is 10.8 Å². The number of hydrogen-bond donors (Lipinski definition) is 0. The molecule has 0 unspecified atom stereocenters. The van der Waals surface area contributed by atoms with Gasteiger partial charge in [-0.15, -0.1) is 34.0 Å². The molecular formula is C20H10N2O4S3. The van der Waals surface area contributed by atoms with E-state index in [0.717, 1.165) is 31.7 Å². The molecule has 142 valence electrons. The Morgan fingerprint density at radius 3 is 1.31 bits per heavy atom. The number of hydrogen-bond acceptors (Lipinski definition) is 7. The van der Waals surface area contributed by atoms with Crippen molar-refractivity contribution in [3.8, 4) is 22.3 Å². The minimum absolute atomic E-state index is 0.0767. The largest absolute Gasteiger partial charge is 0.269 e. The molecular weight excluding hydrogens is 428 g/mol. The summed E-state index contributed by atoms with van der Waals surface area (Å²) in [7, 11) is 0. The lowest BCUT2D eigenvalue weighted by Gasteiger charge is -1.99. The molecule has 2 aromatic carbocycles. The van der Waals surface area contributed by atoms with E-state index in [1.54, 1.807) is 58.3 Å². The number of benzene rings is 2. The first-order valence-electron chi connectivity index (χ1n) is 8.44. The number of nitro benzene ring substituents is 2. The number of non-ortho nitro benzene ring substituents is 2. The Bertz CT molecular complexity index is 1290. The number of thiophene rings is 3. The molecule has 3 heterocycles. The molecule has 0 aliphatic carbocycles. The van der Waals surface area contributed by atoms with Gasteiger partial charge in [0.05, 0.1) is 28.6 Å². The fraction of sp³-hybridized carbons (Fsp3) is 0. The summed E-state index contributed by atoms with van der Waals surface area (Å²) in [6.45, 7) is 0. The molecule has 0 saturated heterocycles. The van der Waals surface area contributed by atoms with Crippen molar-refractivity contribution >= 4 is 64.2 Å². The Kier molecular flexibility index (Phi) is 4.16. The van der Waals surface area contributed by atoms with Gasteiger partial charge in [-0.3, -0.25) is 20.2 Å². The maximum absolute atomic E-state index is 10.9. The summed E-state index contributed by atoms with van der Waals surface area (Å²) >= 11 is 5.03. The Morgan fingerprint density at radius 2 is 0.966 bits per heavy atom. The van der Waals surface area contributed by atoms with Crippen LogP contribution >= 0.6 is 34.0 Å². The standard InChI is InChI=1S/C20H10N2O4S3/c23-21(24)13-5-1-11(2-6-13)15-9-27-19-17(15)29-18-16(10-28-20(18)19)12-3-7-14(8-4-12)22(25)26/h1-10H. The molecule has 3 aromatic heterocycles. The van der Waals surface area contributed by atoms with Crippen LogP contribution in [0.3, 0.4) is 0 Å². The highest BCUT2D eigenvalue weighted by Gasteiger charge is 2.18. The zero-order valence-electron chi connectivity index (χ0n) is 14.5. The van der Waals surface area contributed by atoms with Crippen LogP contribution in [0.25, 0.3) is 41.1 Å². The van der Waals surface area contributed by atoms with Crippen molar-refractivity contribution in [1.29, 1.82) is 0 Å². The van der Waals surface area contributed by atoms with E-state index in [0.29, 0.717) is 0 Å². The average molecular weight is 439 g/mol. The van der Waals surface area contributed by atoms with Crippen LogP contribution in [0.5, 0.6) is 0 Å². The SMILES string of the molecule is O=[N+]([O-])c1ccc(-c2csc3c2sc2c(-c4ccc([N+](=O)[O-])cc4)csc23)cc1. The van der Waals surface area contributed by atoms with Crippen LogP contribution in [0.4, 0.5) is 11.4 Å². The molecule has 0 aliphatic rings. The van der Waals surface area contributed by atoms with Crippen LogP contribution < -0.4 is 0 Å². The molecule has 0 aliphatic heterocycles. The number of nitrogens with zero attached hydrogens (tertiary/aromatic N) is 2. The molecule has 5 aromatic rings. The first-order chi connectivity index (χ1) is 14.0. The molecule has 29 heavy (non-hydrogen) atoms. The van der Waals surface area contributed by atoms with Crippen LogP contribution in [0, 0.1) is 20.2 Å². The summed E-state index contributed by atoms with van der Waals surface area (Å²) < 4.78 is 4.73. The van der Waals surface area contributed by atoms with Gasteiger partial charge in [0.1, 0.15) is 0 Å². The first kappa shape index (κ1) is 17.9. The lowest BCUT2D eigenvalue weighted by Crippen LogP contribution is -1.86. The molecule has 9 heteroatoms. The molecule has 0 N–H and O–H groups in total. The summed E-state index contributed by atoms with van der Waals surface area (Å²) in [5.74, 6) is 0. The van der Waals surface area contributed by atoms with E-state index in [-0.39, 0.29) is 11.4 Å². The minimum atomic E-state index is -0.398. The highest BCUT2D eigenvalue weighted by Crippen LogP contribution is 2.49. The molecule has 0 fully saturated rings. The van der Waals surface area contributed by atoms with Gasteiger partial charge in [0.2, 0.25) is 0 Å². The summed E-state index contributed by atoms with van der Waals surface area (Å²) in [6.07, 6.45) is 0. The van der Waals surface area contributed by atoms with E-state index < -0.39 is 9.85 Å². The maximum Gasteiger partial charge on any atom is 0.269 e.